The SMILES string of the molecule is COCC(O)CCNC(=O)C1CC(C)CC(C)C1. The van der Waals surface area contributed by atoms with Gasteiger partial charge in [0.2, 0.25) is 5.91 Å². The molecular formula is C14H27NO3. The van der Waals surface area contributed by atoms with Crippen LogP contribution in [0.5, 0.6) is 0 Å². The highest BCUT2D eigenvalue weighted by Crippen LogP contribution is 2.32. The zero-order valence-corrected chi connectivity index (χ0v) is 11.8. The molecule has 0 bridgehead atoms. The molecule has 1 rings (SSSR count). The van der Waals surface area contributed by atoms with Gasteiger partial charge in [0, 0.05) is 19.6 Å². The third kappa shape index (κ3) is 5.36. The molecule has 0 heterocycles. The summed E-state index contributed by atoms with van der Waals surface area (Å²) in [6.07, 6.45) is 3.29. The summed E-state index contributed by atoms with van der Waals surface area (Å²) in [6, 6.07) is 0. The van der Waals surface area contributed by atoms with E-state index in [1.807, 2.05) is 0 Å². The third-order valence-corrected chi connectivity index (χ3v) is 3.69. The first-order chi connectivity index (χ1) is 8.52. The molecule has 1 aliphatic carbocycles. The minimum atomic E-state index is -0.487. The van der Waals surface area contributed by atoms with E-state index in [0.717, 1.165) is 12.8 Å². The summed E-state index contributed by atoms with van der Waals surface area (Å²) in [5, 5.41) is 12.4. The van der Waals surface area contributed by atoms with E-state index in [1.54, 1.807) is 7.11 Å². The van der Waals surface area contributed by atoms with Crippen molar-refractivity contribution in [3.05, 3.63) is 0 Å². The van der Waals surface area contributed by atoms with Gasteiger partial charge >= 0.3 is 0 Å². The van der Waals surface area contributed by atoms with Crippen LogP contribution in [0, 0.1) is 17.8 Å². The number of aliphatic hydroxyl groups excluding tert-OH is 1. The molecule has 1 saturated carbocycles. The van der Waals surface area contributed by atoms with Crippen LogP contribution in [0.2, 0.25) is 0 Å². The molecule has 1 fully saturated rings. The number of carbonyl (C=O) groups excluding carboxylic acids is 1. The highest BCUT2D eigenvalue weighted by molar-refractivity contribution is 5.78. The second-order valence-corrected chi connectivity index (χ2v) is 5.80. The Labute approximate surface area is 110 Å². The first-order valence-corrected chi connectivity index (χ1v) is 6.97. The van der Waals surface area contributed by atoms with Crippen LogP contribution in [-0.4, -0.2) is 37.4 Å². The maximum absolute atomic E-state index is 12.0. The molecule has 4 heteroatoms. The minimum absolute atomic E-state index is 0.151. The lowest BCUT2D eigenvalue weighted by Crippen LogP contribution is -2.37. The van der Waals surface area contributed by atoms with E-state index in [2.05, 4.69) is 19.2 Å². The minimum Gasteiger partial charge on any atom is -0.391 e. The van der Waals surface area contributed by atoms with E-state index in [9.17, 15) is 9.90 Å². The van der Waals surface area contributed by atoms with E-state index in [0.29, 0.717) is 31.4 Å². The van der Waals surface area contributed by atoms with Crippen LogP contribution in [0.4, 0.5) is 0 Å². The zero-order valence-electron chi connectivity index (χ0n) is 11.8. The molecule has 4 nitrogen and oxygen atoms in total. The van der Waals surface area contributed by atoms with Crippen molar-refractivity contribution in [2.75, 3.05) is 20.3 Å². The van der Waals surface area contributed by atoms with Crippen molar-refractivity contribution in [3.63, 3.8) is 0 Å². The summed E-state index contributed by atoms with van der Waals surface area (Å²) in [5.74, 6) is 1.59. The van der Waals surface area contributed by atoms with Gasteiger partial charge in [-0.05, 0) is 37.5 Å². The van der Waals surface area contributed by atoms with Gasteiger partial charge in [-0.25, -0.2) is 0 Å². The number of nitrogens with one attached hydrogen (secondary N) is 1. The van der Waals surface area contributed by atoms with Crippen LogP contribution in [0.15, 0.2) is 0 Å². The van der Waals surface area contributed by atoms with Crippen LogP contribution in [0.25, 0.3) is 0 Å². The number of hydrogen-bond acceptors (Lipinski definition) is 3. The Hall–Kier alpha value is -0.610. The van der Waals surface area contributed by atoms with E-state index in [-0.39, 0.29) is 11.8 Å². The van der Waals surface area contributed by atoms with Crippen LogP contribution < -0.4 is 5.32 Å². The predicted molar refractivity (Wildman–Crippen MR) is 71.2 cm³/mol. The lowest BCUT2D eigenvalue weighted by atomic mass is 9.76. The van der Waals surface area contributed by atoms with Crippen LogP contribution in [-0.2, 0) is 9.53 Å². The van der Waals surface area contributed by atoms with E-state index >= 15 is 0 Å². The number of carbonyl (C=O) groups is 1. The molecule has 0 aliphatic heterocycles. The first kappa shape index (κ1) is 15.4. The molecule has 0 spiro atoms. The summed E-state index contributed by atoms with van der Waals surface area (Å²) >= 11 is 0. The second kappa shape index (κ2) is 7.74. The number of hydrogen-bond donors (Lipinski definition) is 2. The van der Waals surface area contributed by atoms with Crippen LogP contribution >= 0.6 is 0 Å². The molecule has 3 unspecified atom stereocenters. The van der Waals surface area contributed by atoms with Crippen molar-refractivity contribution < 1.29 is 14.6 Å². The van der Waals surface area contributed by atoms with E-state index in [4.69, 9.17) is 4.74 Å². The summed E-state index contributed by atoms with van der Waals surface area (Å²) in [4.78, 5) is 12.0. The van der Waals surface area contributed by atoms with Crippen LogP contribution in [0.3, 0.4) is 0 Å². The van der Waals surface area contributed by atoms with Crippen molar-refractivity contribution in [3.8, 4) is 0 Å². The van der Waals surface area contributed by atoms with Crippen LogP contribution in [0.1, 0.15) is 39.5 Å². The Balaban J connectivity index is 2.23. The average Bonchev–Trinajstić information content (AvgIpc) is 2.27. The summed E-state index contributed by atoms with van der Waals surface area (Å²) in [7, 11) is 1.56. The van der Waals surface area contributed by atoms with E-state index in [1.165, 1.54) is 6.42 Å². The molecule has 0 aromatic carbocycles. The Morgan fingerprint density at radius 1 is 1.33 bits per heavy atom. The van der Waals surface area contributed by atoms with Crippen molar-refractivity contribution in [1.82, 2.24) is 5.32 Å². The second-order valence-electron chi connectivity index (χ2n) is 5.80. The number of ether oxygens (including phenoxy) is 1. The fourth-order valence-electron chi connectivity index (χ4n) is 2.94. The fourth-order valence-corrected chi connectivity index (χ4v) is 2.94. The molecule has 1 amide bonds. The summed E-state index contributed by atoms with van der Waals surface area (Å²) in [6.45, 7) is 5.30. The molecular weight excluding hydrogens is 230 g/mol. The number of aliphatic hydroxyl groups is 1. The fraction of sp³-hybridized carbons (Fsp3) is 0.929. The number of rotatable bonds is 6. The molecule has 0 radical (unpaired) electrons. The van der Waals surface area contributed by atoms with Gasteiger partial charge < -0.3 is 15.2 Å². The van der Waals surface area contributed by atoms with Gasteiger partial charge in [-0.2, -0.15) is 0 Å². The lowest BCUT2D eigenvalue weighted by Gasteiger charge is -2.30. The van der Waals surface area contributed by atoms with Crippen molar-refractivity contribution in [2.45, 2.75) is 45.6 Å². The quantitative estimate of drug-likeness (QED) is 0.759. The Morgan fingerprint density at radius 2 is 1.94 bits per heavy atom. The zero-order chi connectivity index (χ0) is 13.5. The smallest absolute Gasteiger partial charge is 0.223 e. The Morgan fingerprint density at radius 3 is 2.50 bits per heavy atom. The van der Waals surface area contributed by atoms with Gasteiger partial charge in [0.25, 0.3) is 0 Å². The normalized spacial score (nSPS) is 29.9. The molecule has 0 aromatic rings. The predicted octanol–water partition coefficient (Wildman–Crippen LogP) is 1.57. The Kier molecular flexibility index (Phi) is 6.65. The lowest BCUT2D eigenvalue weighted by molar-refractivity contribution is -0.127. The summed E-state index contributed by atoms with van der Waals surface area (Å²) < 4.78 is 4.84. The first-order valence-electron chi connectivity index (χ1n) is 6.97. The summed E-state index contributed by atoms with van der Waals surface area (Å²) in [5.41, 5.74) is 0. The van der Waals surface area contributed by atoms with Gasteiger partial charge in [-0.15, -0.1) is 0 Å². The highest BCUT2D eigenvalue weighted by Gasteiger charge is 2.28. The largest absolute Gasteiger partial charge is 0.391 e. The number of methoxy groups -OCH3 is 1. The monoisotopic (exact) mass is 257 g/mol. The van der Waals surface area contributed by atoms with Crippen molar-refractivity contribution in [2.24, 2.45) is 17.8 Å². The van der Waals surface area contributed by atoms with Gasteiger partial charge in [0.1, 0.15) is 0 Å². The maximum Gasteiger partial charge on any atom is 0.223 e. The molecule has 18 heavy (non-hydrogen) atoms. The van der Waals surface area contributed by atoms with Crippen molar-refractivity contribution in [1.29, 1.82) is 0 Å². The average molecular weight is 257 g/mol. The molecule has 106 valence electrons. The molecule has 0 saturated heterocycles. The van der Waals surface area contributed by atoms with Crippen molar-refractivity contribution >= 4 is 5.91 Å². The standard InChI is InChI=1S/C14H27NO3/c1-10-6-11(2)8-12(7-10)14(17)15-5-4-13(16)9-18-3/h10-13,16H,4-9H2,1-3H3,(H,15,17). The molecule has 2 N–H and O–H groups in total. The van der Waals surface area contributed by atoms with Gasteiger partial charge in [-0.3, -0.25) is 4.79 Å². The third-order valence-electron chi connectivity index (χ3n) is 3.69. The Bertz CT molecular complexity index is 247. The van der Waals surface area contributed by atoms with Gasteiger partial charge in [-0.1, -0.05) is 13.8 Å². The molecule has 3 atom stereocenters. The van der Waals surface area contributed by atoms with Gasteiger partial charge in [0.05, 0.1) is 12.7 Å². The van der Waals surface area contributed by atoms with Gasteiger partial charge in [0.15, 0.2) is 0 Å². The molecule has 0 aromatic heterocycles. The molecule has 1 aliphatic rings. The highest BCUT2D eigenvalue weighted by atomic mass is 16.5. The number of amides is 1. The topological polar surface area (TPSA) is 58.6 Å². The van der Waals surface area contributed by atoms with E-state index < -0.39 is 6.10 Å². The maximum atomic E-state index is 12.0.